The van der Waals surface area contributed by atoms with E-state index < -0.39 is 5.97 Å². The van der Waals surface area contributed by atoms with Crippen LogP contribution in [0.5, 0.6) is 0 Å². The first-order valence-corrected chi connectivity index (χ1v) is 7.95. The van der Waals surface area contributed by atoms with Crippen LogP contribution < -0.4 is 4.90 Å². The standard InChI is InChI=1S/C18H29NO2/c1-6-8-9-14(7-2)12-16-13(3)17(19(4)5)11-10-15(16)18(20)21/h10-11,14H,6-9,12H2,1-5H3,(H,20,21). The van der Waals surface area contributed by atoms with Gasteiger partial charge in [0.15, 0.2) is 0 Å². The van der Waals surface area contributed by atoms with Crippen molar-refractivity contribution >= 4 is 11.7 Å². The second-order valence-electron chi connectivity index (χ2n) is 6.06. The molecule has 1 unspecified atom stereocenters. The van der Waals surface area contributed by atoms with Crippen molar-refractivity contribution in [2.75, 3.05) is 19.0 Å². The average Bonchev–Trinajstić information content (AvgIpc) is 2.43. The van der Waals surface area contributed by atoms with E-state index in [0.29, 0.717) is 11.5 Å². The number of nitrogens with zero attached hydrogens (tertiary/aromatic N) is 1. The third-order valence-corrected chi connectivity index (χ3v) is 4.32. The van der Waals surface area contributed by atoms with E-state index in [1.165, 1.54) is 19.3 Å². The molecule has 0 radical (unpaired) electrons. The number of carboxylic acid groups (broad SMARTS) is 1. The molecule has 1 atom stereocenters. The van der Waals surface area contributed by atoms with Crippen LogP contribution in [0.25, 0.3) is 0 Å². The molecule has 0 aromatic heterocycles. The Morgan fingerprint density at radius 2 is 1.95 bits per heavy atom. The fraction of sp³-hybridized carbons (Fsp3) is 0.611. The first-order chi connectivity index (χ1) is 9.92. The predicted molar refractivity (Wildman–Crippen MR) is 89.5 cm³/mol. The van der Waals surface area contributed by atoms with E-state index in [1.54, 1.807) is 6.07 Å². The third kappa shape index (κ3) is 4.48. The number of carboxylic acids is 1. The van der Waals surface area contributed by atoms with Crippen molar-refractivity contribution in [3.63, 3.8) is 0 Å². The van der Waals surface area contributed by atoms with Gasteiger partial charge in [0.1, 0.15) is 0 Å². The third-order valence-electron chi connectivity index (χ3n) is 4.32. The van der Waals surface area contributed by atoms with Gasteiger partial charge in [0.05, 0.1) is 5.56 Å². The molecule has 0 amide bonds. The zero-order valence-electron chi connectivity index (χ0n) is 14.1. The Labute approximate surface area is 129 Å². The number of hydrogen-bond acceptors (Lipinski definition) is 2. The molecule has 3 heteroatoms. The highest BCUT2D eigenvalue weighted by atomic mass is 16.4. The molecule has 0 aliphatic carbocycles. The van der Waals surface area contributed by atoms with E-state index in [0.717, 1.165) is 29.7 Å². The molecular formula is C18H29NO2. The van der Waals surface area contributed by atoms with Gasteiger partial charge in [-0.25, -0.2) is 4.79 Å². The number of aromatic carboxylic acids is 1. The normalized spacial score (nSPS) is 12.2. The van der Waals surface area contributed by atoms with Crippen LogP contribution in [0.2, 0.25) is 0 Å². The minimum Gasteiger partial charge on any atom is -0.478 e. The molecular weight excluding hydrogens is 262 g/mol. The summed E-state index contributed by atoms with van der Waals surface area (Å²) < 4.78 is 0. The van der Waals surface area contributed by atoms with Gasteiger partial charge < -0.3 is 10.0 Å². The number of benzene rings is 1. The molecule has 0 aliphatic rings. The summed E-state index contributed by atoms with van der Waals surface area (Å²) >= 11 is 0. The monoisotopic (exact) mass is 291 g/mol. The van der Waals surface area contributed by atoms with Gasteiger partial charge in [-0.1, -0.05) is 39.5 Å². The molecule has 1 rings (SSSR count). The molecule has 0 saturated carbocycles. The maximum Gasteiger partial charge on any atom is 0.335 e. The summed E-state index contributed by atoms with van der Waals surface area (Å²) in [6.07, 6.45) is 5.56. The zero-order chi connectivity index (χ0) is 16.0. The van der Waals surface area contributed by atoms with Gasteiger partial charge in [-0.15, -0.1) is 0 Å². The number of carbonyl (C=O) groups is 1. The first kappa shape index (κ1) is 17.5. The van der Waals surface area contributed by atoms with Crippen molar-refractivity contribution in [1.29, 1.82) is 0 Å². The van der Waals surface area contributed by atoms with Gasteiger partial charge in [-0.05, 0) is 42.5 Å². The number of anilines is 1. The van der Waals surface area contributed by atoms with Gasteiger partial charge in [0.2, 0.25) is 0 Å². The van der Waals surface area contributed by atoms with Crippen LogP contribution in [0.4, 0.5) is 5.69 Å². The lowest BCUT2D eigenvalue weighted by Crippen LogP contribution is -2.16. The van der Waals surface area contributed by atoms with Crippen LogP contribution in [0.15, 0.2) is 12.1 Å². The molecule has 0 aliphatic heterocycles. The van der Waals surface area contributed by atoms with Crippen molar-refractivity contribution in [2.24, 2.45) is 5.92 Å². The summed E-state index contributed by atoms with van der Waals surface area (Å²) in [6.45, 7) is 6.45. The van der Waals surface area contributed by atoms with Crippen LogP contribution in [0.1, 0.15) is 61.0 Å². The second-order valence-corrected chi connectivity index (χ2v) is 6.06. The van der Waals surface area contributed by atoms with E-state index in [2.05, 4.69) is 18.7 Å². The van der Waals surface area contributed by atoms with Gasteiger partial charge in [0.25, 0.3) is 0 Å². The molecule has 0 heterocycles. The fourth-order valence-electron chi connectivity index (χ4n) is 2.92. The largest absolute Gasteiger partial charge is 0.478 e. The second kappa shape index (κ2) is 8.06. The highest BCUT2D eigenvalue weighted by Crippen LogP contribution is 2.29. The van der Waals surface area contributed by atoms with Gasteiger partial charge in [-0.2, -0.15) is 0 Å². The minimum atomic E-state index is -0.816. The summed E-state index contributed by atoms with van der Waals surface area (Å²) in [5.41, 5.74) is 3.69. The Kier molecular flexibility index (Phi) is 6.73. The SMILES string of the molecule is CCCCC(CC)Cc1c(C(=O)O)ccc(N(C)C)c1C. The van der Waals surface area contributed by atoms with E-state index in [9.17, 15) is 9.90 Å². The Balaban J connectivity index is 3.17. The molecule has 21 heavy (non-hydrogen) atoms. The number of unbranched alkanes of at least 4 members (excludes halogenated alkanes) is 1. The molecule has 0 fully saturated rings. The lowest BCUT2D eigenvalue weighted by Gasteiger charge is -2.22. The Bertz CT molecular complexity index is 480. The Morgan fingerprint density at radius 3 is 2.43 bits per heavy atom. The van der Waals surface area contributed by atoms with Gasteiger partial charge in [-0.3, -0.25) is 0 Å². The van der Waals surface area contributed by atoms with E-state index in [4.69, 9.17) is 0 Å². The van der Waals surface area contributed by atoms with E-state index in [-0.39, 0.29) is 0 Å². The number of hydrogen-bond donors (Lipinski definition) is 1. The van der Waals surface area contributed by atoms with Crippen LogP contribution in [-0.2, 0) is 6.42 Å². The quantitative estimate of drug-likeness (QED) is 0.765. The molecule has 0 bridgehead atoms. The van der Waals surface area contributed by atoms with Gasteiger partial charge in [0, 0.05) is 19.8 Å². The summed E-state index contributed by atoms with van der Waals surface area (Å²) in [4.78, 5) is 13.6. The molecule has 1 aromatic rings. The summed E-state index contributed by atoms with van der Waals surface area (Å²) in [5.74, 6) is -0.247. The highest BCUT2D eigenvalue weighted by Gasteiger charge is 2.19. The van der Waals surface area contributed by atoms with E-state index >= 15 is 0 Å². The first-order valence-electron chi connectivity index (χ1n) is 7.95. The van der Waals surface area contributed by atoms with Crippen LogP contribution in [-0.4, -0.2) is 25.2 Å². The van der Waals surface area contributed by atoms with Crippen molar-refractivity contribution in [1.82, 2.24) is 0 Å². The average molecular weight is 291 g/mol. The molecule has 0 spiro atoms. The van der Waals surface area contributed by atoms with Gasteiger partial charge >= 0.3 is 5.97 Å². The van der Waals surface area contributed by atoms with Crippen molar-refractivity contribution in [2.45, 2.75) is 52.9 Å². The Hall–Kier alpha value is -1.51. The molecule has 1 aromatic carbocycles. The van der Waals surface area contributed by atoms with E-state index in [1.807, 2.05) is 27.1 Å². The van der Waals surface area contributed by atoms with Crippen molar-refractivity contribution in [3.8, 4) is 0 Å². The maximum absolute atomic E-state index is 11.5. The molecule has 3 nitrogen and oxygen atoms in total. The van der Waals surface area contributed by atoms with Crippen molar-refractivity contribution < 1.29 is 9.90 Å². The Morgan fingerprint density at radius 1 is 1.29 bits per heavy atom. The lowest BCUT2D eigenvalue weighted by molar-refractivity contribution is 0.0695. The van der Waals surface area contributed by atoms with Crippen LogP contribution >= 0.6 is 0 Å². The fourth-order valence-corrected chi connectivity index (χ4v) is 2.92. The topological polar surface area (TPSA) is 40.5 Å². The molecule has 118 valence electrons. The maximum atomic E-state index is 11.5. The zero-order valence-corrected chi connectivity index (χ0v) is 14.1. The highest BCUT2D eigenvalue weighted by molar-refractivity contribution is 5.90. The smallest absolute Gasteiger partial charge is 0.335 e. The molecule has 0 saturated heterocycles. The van der Waals surface area contributed by atoms with Crippen LogP contribution in [0.3, 0.4) is 0 Å². The predicted octanol–water partition coefficient (Wildman–Crippen LogP) is 4.52. The number of rotatable bonds is 8. The summed E-state index contributed by atoms with van der Waals surface area (Å²) in [5, 5.41) is 9.47. The minimum absolute atomic E-state index is 0.466. The summed E-state index contributed by atoms with van der Waals surface area (Å²) in [6, 6.07) is 3.67. The van der Waals surface area contributed by atoms with Crippen molar-refractivity contribution in [3.05, 3.63) is 28.8 Å². The lowest BCUT2D eigenvalue weighted by atomic mass is 9.87. The summed E-state index contributed by atoms with van der Waals surface area (Å²) in [7, 11) is 4.00. The van der Waals surface area contributed by atoms with Crippen LogP contribution in [0, 0.1) is 12.8 Å². The molecule has 1 N–H and O–H groups in total.